The second kappa shape index (κ2) is 6.72. The van der Waals surface area contributed by atoms with Crippen molar-refractivity contribution < 1.29 is 9.84 Å². The first-order valence-corrected chi connectivity index (χ1v) is 6.89. The molecule has 0 amide bonds. The molecule has 102 valence electrons. The molecule has 3 heteroatoms. The minimum absolute atomic E-state index is 0.579. The van der Waals surface area contributed by atoms with Gasteiger partial charge in [0.2, 0.25) is 0 Å². The average molecular weight is 243 g/mol. The molecule has 0 aromatic carbocycles. The molecule has 0 spiro atoms. The van der Waals surface area contributed by atoms with Gasteiger partial charge in [-0.15, -0.1) is 0 Å². The highest BCUT2D eigenvalue weighted by Crippen LogP contribution is 2.29. The van der Waals surface area contributed by atoms with E-state index in [1.165, 1.54) is 19.3 Å². The molecule has 3 nitrogen and oxygen atoms in total. The summed E-state index contributed by atoms with van der Waals surface area (Å²) in [5, 5.41) is 13.7. The van der Waals surface area contributed by atoms with Crippen LogP contribution in [0, 0.1) is 11.8 Å². The van der Waals surface area contributed by atoms with Crippen molar-refractivity contribution in [2.75, 3.05) is 20.3 Å². The molecule has 1 saturated carbocycles. The molecule has 0 saturated heterocycles. The molecule has 17 heavy (non-hydrogen) atoms. The second-order valence-corrected chi connectivity index (χ2v) is 6.09. The summed E-state index contributed by atoms with van der Waals surface area (Å²) < 4.78 is 5.01. The maximum atomic E-state index is 10.2. The minimum atomic E-state index is -0.650. The Hall–Kier alpha value is -0.120. The van der Waals surface area contributed by atoms with Gasteiger partial charge in [0.15, 0.2) is 0 Å². The van der Waals surface area contributed by atoms with Crippen molar-refractivity contribution in [3.63, 3.8) is 0 Å². The predicted molar refractivity (Wildman–Crippen MR) is 71.1 cm³/mol. The molecular weight excluding hydrogens is 214 g/mol. The Labute approximate surface area is 106 Å². The number of hydrogen-bond donors (Lipinski definition) is 2. The van der Waals surface area contributed by atoms with Crippen LogP contribution in [-0.2, 0) is 4.74 Å². The molecule has 2 N–H and O–H groups in total. The van der Waals surface area contributed by atoms with Crippen LogP contribution < -0.4 is 5.32 Å². The fourth-order valence-corrected chi connectivity index (χ4v) is 2.51. The Kier molecular flexibility index (Phi) is 5.90. The molecule has 1 aliphatic rings. The first kappa shape index (κ1) is 14.9. The van der Waals surface area contributed by atoms with Gasteiger partial charge >= 0.3 is 0 Å². The quantitative estimate of drug-likeness (QED) is 0.751. The summed E-state index contributed by atoms with van der Waals surface area (Å²) in [6.45, 7) is 7.85. The van der Waals surface area contributed by atoms with Crippen molar-refractivity contribution in [1.82, 2.24) is 5.32 Å². The Balaban J connectivity index is 2.26. The van der Waals surface area contributed by atoms with E-state index in [1.807, 2.05) is 6.92 Å². The Morgan fingerprint density at radius 2 is 2.00 bits per heavy atom. The van der Waals surface area contributed by atoms with Gasteiger partial charge in [0.25, 0.3) is 0 Å². The van der Waals surface area contributed by atoms with E-state index in [1.54, 1.807) is 7.11 Å². The minimum Gasteiger partial charge on any atom is -0.389 e. The maximum Gasteiger partial charge on any atom is 0.0765 e. The zero-order chi connectivity index (χ0) is 12.9. The molecule has 0 aromatic rings. The number of ether oxygens (including phenoxy) is 1. The van der Waals surface area contributed by atoms with Crippen molar-refractivity contribution in [3.05, 3.63) is 0 Å². The van der Waals surface area contributed by atoms with Crippen molar-refractivity contribution >= 4 is 0 Å². The summed E-state index contributed by atoms with van der Waals surface area (Å²) in [5.41, 5.74) is -0.650. The number of rotatable bonds is 6. The van der Waals surface area contributed by atoms with Crippen molar-refractivity contribution in [3.8, 4) is 0 Å². The van der Waals surface area contributed by atoms with Gasteiger partial charge < -0.3 is 15.2 Å². The highest BCUT2D eigenvalue weighted by atomic mass is 16.5. The molecule has 1 fully saturated rings. The van der Waals surface area contributed by atoms with Crippen LogP contribution in [0.1, 0.15) is 46.5 Å². The van der Waals surface area contributed by atoms with Gasteiger partial charge in [-0.25, -0.2) is 0 Å². The summed E-state index contributed by atoms with van der Waals surface area (Å²) in [5.74, 6) is 1.65. The van der Waals surface area contributed by atoms with E-state index >= 15 is 0 Å². The van der Waals surface area contributed by atoms with E-state index in [9.17, 15) is 5.11 Å². The maximum absolute atomic E-state index is 10.2. The van der Waals surface area contributed by atoms with E-state index in [0.717, 1.165) is 11.8 Å². The Bertz CT molecular complexity index is 218. The lowest BCUT2D eigenvalue weighted by Crippen LogP contribution is -2.45. The highest BCUT2D eigenvalue weighted by molar-refractivity contribution is 4.83. The number of methoxy groups -OCH3 is 1. The normalized spacial score (nSPS) is 33.4. The zero-order valence-electron chi connectivity index (χ0n) is 11.8. The van der Waals surface area contributed by atoms with Crippen LogP contribution in [0.15, 0.2) is 0 Å². The fraction of sp³-hybridized carbons (Fsp3) is 1.00. The first-order chi connectivity index (χ1) is 7.94. The molecule has 0 aromatic heterocycles. The summed E-state index contributed by atoms with van der Waals surface area (Å²) in [7, 11) is 1.67. The highest BCUT2D eigenvalue weighted by Gasteiger charge is 2.26. The van der Waals surface area contributed by atoms with Crippen molar-refractivity contribution in [2.45, 2.75) is 58.1 Å². The topological polar surface area (TPSA) is 41.5 Å². The molecule has 1 aliphatic carbocycles. The van der Waals surface area contributed by atoms with Crippen LogP contribution in [0.25, 0.3) is 0 Å². The van der Waals surface area contributed by atoms with Gasteiger partial charge in [0, 0.05) is 32.7 Å². The number of nitrogens with one attached hydrogen (secondary N) is 1. The standard InChI is InChI=1S/C14H29NO2/c1-11-5-6-13(9-12(11)2)15-10-14(3,16)7-8-17-4/h11-13,15-16H,5-10H2,1-4H3. The summed E-state index contributed by atoms with van der Waals surface area (Å²) in [6, 6.07) is 0.579. The summed E-state index contributed by atoms with van der Waals surface area (Å²) in [4.78, 5) is 0. The molecule has 4 unspecified atom stereocenters. The lowest BCUT2D eigenvalue weighted by Gasteiger charge is -2.34. The van der Waals surface area contributed by atoms with E-state index < -0.39 is 5.60 Å². The average Bonchev–Trinajstić information content (AvgIpc) is 2.28. The zero-order valence-corrected chi connectivity index (χ0v) is 11.8. The molecule has 0 heterocycles. The first-order valence-electron chi connectivity index (χ1n) is 6.89. The van der Waals surface area contributed by atoms with Crippen LogP contribution in [0.3, 0.4) is 0 Å². The lowest BCUT2D eigenvalue weighted by atomic mass is 9.79. The molecular formula is C14H29NO2. The summed E-state index contributed by atoms with van der Waals surface area (Å²) >= 11 is 0. The Morgan fingerprint density at radius 3 is 2.59 bits per heavy atom. The van der Waals surface area contributed by atoms with Gasteiger partial charge in [0.1, 0.15) is 0 Å². The third-order valence-electron chi connectivity index (χ3n) is 4.21. The van der Waals surface area contributed by atoms with E-state index in [-0.39, 0.29) is 0 Å². The Morgan fingerprint density at radius 1 is 1.29 bits per heavy atom. The smallest absolute Gasteiger partial charge is 0.0765 e. The predicted octanol–water partition coefficient (Wildman–Crippen LogP) is 2.19. The number of aliphatic hydroxyl groups is 1. The molecule has 4 atom stereocenters. The SMILES string of the molecule is COCCC(C)(O)CNC1CCC(C)C(C)C1. The third-order valence-corrected chi connectivity index (χ3v) is 4.21. The van der Waals surface area contributed by atoms with E-state index in [2.05, 4.69) is 19.2 Å². The van der Waals surface area contributed by atoms with Crippen molar-refractivity contribution in [1.29, 1.82) is 0 Å². The largest absolute Gasteiger partial charge is 0.389 e. The van der Waals surface area contributed by atoms with E-state index in [0.29, 0.717) is 25.6 Å². The van der Waals surface area contributed by atoms with Crippen LogP contribution in [0.4, 0.5) is 0 Å². The van der Waals surface area contributed by atoms with Crippen LogP contribution in [0.2, 0.25) is 0 Å². The summed E-state index contributed by atoms with van der Waals surface area (Å²) in [6.07, 6.45) is 4.47. The van der Waals surface area contributed by atoms with E-state index in [4.69, 9.17) is 4.74 Å². The van der Waals surface area contributed by atoms with Crippen LogP contribution >= 0.6 is 0 Å². The van der Waals surface area contributed by atoms with Crippen LogP contribution in [-0.4, -0.2) is 37.0 Å². The monoisotopic (exact) mass is 243 g/mol. The lowest BCUT2D eigenvalue weighted by molar-refractivity contribution is 0.0204. The van der Waals surface area contributed by atoms with Crippen molar-refractivity contribution in [2.24, 2.45) is 11.8 Å². The second-order valence-electron chi connectivity index (χ2n) is 6.09. The van der Waals surface area contributed by atoms with Gasteiger partial charge in [-0.05, 0) is 38.0 Å². The molecule has 0 radical (unpaired) electrons. The molecule has 0 aliphatic heterocycles. The fourth-order valence-electron chi connectivity index (χ4n) is 2.51. The number of hydrogen-bond acceptors (Lipinski definition) is 3. The van der Waals surface area contributed by atoms with Gasteiger partial charge in [-0.1, -0.05) is 13.8 Å². The van der Waals surface area contributed by atoms with Crippen LogP contribution in [0.5, 0.6) is 0 Å². The van der Waals surface area contributed by atoms with Gasteiger partial charge in [-0.3, -0.25) is 0 Å². The van der Waals surface area contributed by atoms with Gasteiger partial charge in [-0.2, -0.15) is 0 Å². The molecule has 0 bridgehead atoms. The molecule has 1 rings (SSSR count). The third kappa shape index (κ3) is 5.36. The van der Waals surface area contributed by atoms with Gasteiger partial charge in [0.05, 0.1) is 5.60 Å².